The molecule has 1 rings (SSSR count). The molecule has 0 aromatic rings. The maximum absolute atomic E-state index is 12.2. The van der Waals surface area contributed by atoms with E-state index in [4.69, 9.17) is 9.47 Å². The van der Waals surface area contributed by atoms with Crippen molar-refractivity contribution in [2.24, 2.45) is 5.92 Å². The van der Waals surface area contributed by atoms with Crippen LogP contribution in [-0.2, 0) is 9.47 Å². The average Bonchev–Trinajstić information content (AvgIpc) is 2.76. The monoisotopic (exact) mass is 269 g/mol. The van der Waals surface area contributed by atoms with Crippen LogP contribution in [0.15, 0.2) is 12.7 Å². The molecule has 4 heteroatoms. The summed E-state index contributed by atoms with van der Waals surface area (Å²) in [6, 6.07) is 0.0767. The van der Waals surface area contributed by atoms with Gasteiger partial charge in [0.2, 0.25) is 0 Å². The van der Waals surface area contributed by atoms with Crippen molar-refractivity contribution in [2.45, 2.75) is 58.3 Å². The topological polar surface area (TPSA) is 38.8 Å². The van der Waals surface area contributed by atoms with Crippen LogP contribution >= 0.6 is 0 Å². The Hall–Kier alpha value is -1.03. The molecule has 3 atom stereocenters. The number of hydrogen-bond acceptors (Lipinski definition) is 3. The summed E-state index contributed by atoms with van der Waals surface area (Å²) in [6.07, 6.45) is 3.56. The van der Waals surface area contributed by atoms with Crippen molar-refractivity contribution in [3.63, 3.8) is 0 Å². The van der Waals surface area contributed by atoms with Crippen molar-refractivity contribution >= 4 is 6.09 Å². The van der Waals surface area contributed by atoms with E-state index in [0.717, 1.165) is 19.4 Å². The highest BCUT2D eigenvalue weighted by molar-refractivity contribution is 5.69. The summed E-state index contributed by atoms with van der Waals surface area (Å²) in [6.45, 7) is 12.3. The molecule has 110 valence electrons. The summed E-state index contributed by atoms with van der Waals surface area (Å²) in [5, 5.41) is 0. The third kappa shape index (κ3) is 4.23. The third-order valence-electron chi connectivity index (χ3n) is 3.47. The molecule has 0 N–H and O–H groups in total. The van der Waals surface area contributed by atoms with Gasteiger partial charge in [0.25, 0.3) is 0 Å². The second-order valence-corrected chi connectivity index (χ2v) is 6.18. The van der Waals surface area contributed by atoms with Gasteiger partial charge in [0.15, 0.2) is 0 Å². The minimum Gasteiger partial charge on any atom is -0.444 e. The number of carbonyl (C=O) groups excluding carboxylic acids is 1. The lowest BCUT2D eigenvalue weighted by Gasteiger charge is -2.34. The molecule has 19 heavy (non-hydrogen) atoms. The van der Waals surface area contributed by atoms with Gasteiger partial charge in [-0.15, -0.1) is 6.58 Å². The standard InChI is InChI=1S/C15H27NO3/c1-7-11(2)13(18-6)12-9-8-10-16(12)14(17)19-15(3,4)5/h7,11-13H,1,8-10H2,2-6H3/t11-,12+,13+/m0/s1. The first-order valence-corrected chi connectivity index (χ1v) is 6.95. The van der Waals surface area contributed by atoms with E-state index in [1.165, 1.54) is 0 Å². The average molecular weight is 269 g/mol. The molecule has 0 spiro atoms. The fraction of sp³-hybridized carbons (Fsp3) is 0.800. The van der Waals surface area contributed by atoms with Gasteiger partial charge in [-0.1, -0.05) is 13.0 Å². The Bertz CT molecular complexity index is 322. The summed E-state index contributed by atoms with van der Waals surface area (Å²) in [5.41, 5.74) is -0.461. The summed E-state index contributed by atoms with van der Waals surface area (Å²) < 4.78 is 11.0. The van der Waals surface area contributed by atoms with Crippen molar-refractivity contribution in [2.75, 3.05) is 13.7 Å². The highest BCUT2D eigenvalue weighted by Gasteiger charge is 2.38. The van der Waals surface area contributed by atoms with E-state index < -0.39 is 5.60 Å². The molecule has 1 aliphatic heterocycles. The number of methoxy groups -OCH3 is 1. The van der Waals surface area contributed by atoms with Gasteiger partial charge in [0.1, 0.15) is 5.60 Å². The fourth-order valence-electron chi connectivity index (χ4n) is 2.54. The molecule has 4 nitrogen and oxygen atoms in total. The molecule has 0 unspecified atom stereocenters. The second-order valence-electron chi connectivity index (χ2n) is 6.18. The molecule has 0 bridgehead atoms. The summed E-state index contributed by atoms with van der Waals surface area (Å²) >= 11 is 0. The van der Waals surface area contributed by atoms with Crippen LogP contribution in [0.4, 0.5) is 4.79 Å². The Morgan fingerprint density at radius 2 is 2.11 bits per heavy atom. The Morgan fingerprint density at radius 1 is 1.47 bits per heavy atom. The molecule has 1 aliphatic rings. The minimum atomic E-state index is -0.461. The summed E-state index contributed by atoms with van der Waals surface area (Å²) in [7, 11) is 1.69. The first-order valence-electron chi connectivity index (χ1n) is 6.95. The predicted octanol–water partition coefficient (Wildman–Crippen LogP) is 3.22. The van der Waals surface area contributed by atoms with Crippen LogP contribution in [0, 0.1) is 5.92 Å². The zero-order chi connectivity index (χ0) is 14.6. The third-order valence-corrected chi connectivity index (χ3v) is 3.47. The summed E-state index contributed by atoms with van der Waals surface area (Å²) in [4.78, 5) is 14.0. The Morgan fingerprint density at radius 3 is 2.58 bits per heavy atom. The number of likely N-dealkylation sites (tertiary alicyclic amines) is 1. The number of hydrogen-bond donors (Lipinski definition) is 0. The highest BCUT2D eigenvalue weighted by Crippen LogP contribution is 2.28. The lowest BCUT2D eigenvalue weighted by atomic mass is 9.96. The quantitative estimate of drug-likeness (QED) is 0.736. The van der Waals surface area contributed by atoms with Crippen LogP contribution < -0.4 is 0 Å². The molecule has 1 heterocycles. The van der Waals surface area contributed by atoms with Crippen molar-refractivity contribution in [3.8, 4) is 0 Å². The highest BCUT2D eigenvalue weighted by atomic mass is 16.6. The van der Waals surface area contributed by atoms with Gasteiger partial charge in [-0.25, -0.2) is 4.79 Å². The maximum atomic E-state index is 12.2. The molecule has 0 aliphatic carbocycles. The minimum absolute atomic E-state index is 0.0208. The van der Waals surface area contributed by atoms with Gasteiger partial charge in [-0.05, 0) is 33.6 Å². The Kier molecular flexibility index (Phi) is 5.41. The van der Waals surface area contributed by atoms with Crippen LogP contribution in [-0.4, -0.2) is 42.4 Å². The molecular weight excluding hydrogens is 242 g/mol. The number of carbonyl (C=O) groups is 1. The van der Waals surface area contributed by atoms with Crippen LogP contribution in [0.3, 0.4) is 0 Å². The molecular formula is C15H27NO3. The van der Waals surface area contributed by atoms with Crippen molar-refractivity contribution in [3.05, 3.63) is 12.7 Å². The number of amides is 1. The van der Waals surface area contributed by atoms with Gasteiger partial charge in [-0.2, -0.15) is 0 Å². The van der Waals surface area contributed by atoms with Gasteiger partial charge in [-0.3, -0.25) is 0 Å². The Labute approximate surface area is 116 Å². The largest absolute Gasteiger partial charge is 0.444 e. The van der Waals surface area contributed by atoms with E-state index in [-0.39, 0.29) is 24.2 Å². The molecule has 0 aromatic heterocycles. The fourth-order valence-corrected chi connectivity index (χ4v) is 2.54. The molecule has 1 amide bonds. The maximum Gasteiger partial charge on any atom is 0.410 e. The van der Waals surface area contributed by atoms with E-state index in [1.54, 1.807) is 12.0 Å². The molecule has 1 fully saturated rings. The SMILES string of the molecule is C=C[C@H](C)[C@@H](OC)[C@H]1CCCN1C(=O)OC(C)(C)C. The zero-order valence-electron chi connectivity index (χ0n) is 12.8. The van der Waals surface area contributed by atoms with E-state index in [2.05, 4.69) is 13.5 Å². The van der Waals surface area contributed by atoms with Crippen LogP contribution in [0.25, 0.3) is 0 Å². The van der Waals surface area contributed by atoms with Gasteiger partial charge >= 0.3 is 6.09 Å². The van der Waals surface area contributed by atoms with E-state index in [9.17, 15) is 4.79 Å². The van der Waals surface area contributed by atoms with E-state index >= 15 is 0 Å². The van der Waals surface area contributed by atoms with E-state index in [0.29, 0.717) is 0 Å². The van der Waals surface area contributed by atoms with Crippen LogP contribution in [0.1, 0.15) is 40.5 Å². The van der Waals surface area contributed by atoms with E-state index in [1.807, 2.05) is 26.8 Å². The zero-order valence-corrected chi connectivity index (χ0v) is 12.8. The van der Waals surface area contributed by atoms with Crippen molar-refractivity contribution < 1.29 is 14.3 Å². The smallest absolute Gasteiger partial charge is 0.410 e. The van der Waals surface area contributed by atoms with Gasteiger partial charge in [0.05, 0.1) is 12.1 Å². The summed E-state index contributed by atoms with van der Waals surface area (Å²) in [5.74, 6) is 0.207. The second kappa shape index (κ2) is 6.42. The lowest BCUT2D eigenvalue weighted by molar-refractivity contribution is -0.0153. The van der Waals surface area contributed by atoms with Crippen LogP contribution in [0.5, 0.6) is 0 Å². The molecule has 0 aromatic carbocycles. The molecule has 1 saturated heterocycles. The van der Waals surface area contributed by atoms with Gasteiger partial charge < -0.3 is 14.4 Å². The Balaban J connectivity index is 2.77. The van der Waals surface area contributed by atoms with Crippen molar-refractivity contribution in [1.82, 2.24) is 4.90 Å². The van der Waals surface area contributed by atoms with Crippen LogP contribution in [0.2, 0.25) is 0 Å². The number of nitrogens with zero attached hydrogens (tertiary/aromatic N) is 1. The van der Waals surface area contributed by atoms with Gasteiger partial charge in [0, 0.05) is 19.6 Å². The number of rotatable bonds is 4. The normalized spacial score (nSPS) is 23.0. The number of ether oxygens (including phenoxy) is 2. The first kappa shape index (κ1) is 16.0. The first-order chi connectivity index (χ1) is 8.80. The molecule has 0 radical (unpaired) electrons. The lowest BCUT2D eigenvalue weighted by Crippen LogP contribution is -2.47. The molecule has 0 saturated carbocycles. The van der Waals surface area contributed by atoms with Crippen molar-refractivity contribution in [1.29, 1.82) is 0 Å². The predicted molar refractivity (Wildman–Crippen MR) is 76.1 cm³/mol.